The number of aliphatic imine (C=N–C) groups is 1. The Balaban J connectivity index is 4.33. The van der Waals surface area contributed by atoms with Crippen LogP contribution in [0.15, 0.2) is 4.99 Å². The molecule has 2 heteroatoms. The number of unbranched alkanes of at least 4 members (excludes halogenated alkanes) is 2. The van der Waals surface area contributed by atoms with Gasteiger partial charge in [-0.1, -0.05) is 53.9 Å². The summed E-state index contributed by atoms with van der Waals surface area (Å²) in [4.78, 5) is 4.54. The van der Waals surface area contributed by atoms with Gasteiger partial charge in [0.15, 0.2) is 0 Å². The summed E-state index contributed by atoms with van der Waals surface area (Å²) in [7, 11) is 0. The summed E-state index contributed by atoms with van der Waals surface area (Å²) in [5, 5.41) is 7.64. The summed E-state index contributed by atoms with van der Waals surface area (Å²) in [6.07, 6.45) is 11.8. The van der Waals surface area contributed by atoms with Gasteiger partial charge < -0.3 is 5.41 Å². The van der Waals surface area contributed by atoms with Crippen molar-refractivity contribution in [1.29, 1.82) is 5.41 Å². The fourth-order valence-electron chi connectivity index (χ4n) is 2.42. The summed E-state index contributed by atoms with van der Waals surface area (Å²) in [5.74, 6) is 0. The van der Waals surface area contributed by atoms with Gasteiger partial charge in [0, 0.05) is 18.2 Å². The molecule has 19 heavy (non-hydrogen) atoms. The maximum atomic E-state index is 7.64. The molecule has 112 valence electrons. The third kappa shape index (κ3) is 7.49. The highest BCUT2D eigenvalue weighted by atomic mass is 14.7. The fourth-order valence-corrected chi connectivity index (χ4v) is 2.42. The van der Waals surface area contributed by atoms with E-state index in [1.165, 1.54) is 19.3 Å². The molecular weight excluding hydrogens is 232 g/mol. The first-order valence-electron chi connectivity index (χ1n) is 7.95. The van der Waals surface area contributed by atoms with Gasteiger partial charge >= 0.3 is 0 Å². The van der Waals surface area contributed by atoms with Crippen molar-refractivity contribution in [3.63, 3.8) is 0 Å². The van der Waals surface area contributed by atoms with Crippen molar-refractivity contribution in [2.75, 3.05) is 6.54 Å². The highest BCUT2D eigenvalue weighted by Crippen LogP contribution is 2.39. The standard InChI is InChI=1S/C17H34N2/c1-6-9-10-12-19-13-11-16(4,7-2)14-17(5,8-3)15-18/h13,15,18H,6-12,14H2,1-5H3/b18-15?,19-13+. The van der Waals surface area contributed by atoms with Crippen LogP contribution in [0.2, 0.25) is 0 Å². The second-order valence-electron chi connectivity index (χ2n) is 6.49. The van der Waals surface area contributed by atoms with Crippen LogP contribution >= 0.6 is 0 Å². The molecule has 0 aromatic carbocycles. The van der Waals surface area contributed by atoms with Crippen molar-refractivity contribution in [3.05, 3.63) is 0 Å². The monoisotopic (exact) mass is 266 g/mol. The lowest BCUT2D eigenvalue weighted by molar-refractivity contribution is 0.213. The zero-order valence-electron chi connectivity index (χ0n) is 13.8. The largest absolute Gasteiger partial charge is 0.313 e. The van der Waals surface area contributed by atoms with E-state index in [0.717, 1.165) is 32.2 Å². The fraction of sp³-hybridized carbons (Fsp3) is 0.882. The minimum absolute atomic E-state index is 0.0425. The molecule has 0 spiro atoms. The molecule has 2 atom stereocenters. The average molecular weight is 266 g/mol. The summed E-state index contributed by atoms with van der Waals surface area (Å²) in [6, 6.07) is 0. The van der Waals surface area contributed by atoms with Gasteiger partial charge in [0.25, 0.3) is 0 Å². The maximum absolute atomic E-state index is 7.64. The van der Waals surface area contributed by atoms with E-state index >= 15 is 0 Å². The van der Waals surface area contributed by atoms with Crippen molar-refractivity contribution in [3.8, 4) is 0 Å². The van der Waals surface area contributed by atoms with Gasteiger partial charge in [0.05, 0.1) is 0 Å². The van der Waals surface area contributed by atoms with Crippen molar-refractivity contribution in [2.24, 2.45) is 15.8 Å². The summed E-state index contributed by atoms with van der Waals surface area (Å²) >= 11 is 0. The zero-order valence-corrected chi connectivity index (χ0v) is 13.8. The van der Waals surface area contributed by atoms with Crippen LogP contribution in [0, 0.1) is 16.2 Å². The Morgan fingerprint density at radius 1 is 1.05 bits per heavy atom. The maximum Gasteiger partial charge on any atom is 0.0385 e. The smallest absolute Gasteiger partial charge is 0.0385 e. The lowest BCUT2D eigenvalue weighted by Crippen LogP contribution is -2.28. The van der Waals surface area contributed by atoms with Crippen LogP contribution in [-0.2, 0) is 0 Å². The molecule has 0 radical (unpaired) electrons. The Morgan fingerprint density at radius 2 is 1.74 bits per heavy atom. The van der Waals surface area contributed by atoms with E-state index in [-0.39, 0.29) is 10.8 Å². The molecule has 0 aliphatic heterocycles. The minimum Gasteiger partial charge on any atom is -0.313 e. The Bertz CT molecular complexity index is 272. The molecule has 0 aliphatic rings. The van der Waals surface area contributed by atoms with Gasteiger partial charge in [-0.15, -0.1) is 0 Å². The lowest BCUT2D eigenvalue weighted by atomic mass is 9.69. The predicted octanol–water partition coefficient (Wildman–Crippen LogP) is 5.51. The number of rotatable bonds is 11. The third-order valence-electron chi connectivity index (χ3n) is 4.44. The summed E-state index contributed by atoms with van der Waals surface area (Å²) < 4.78 is 0. The van der Waals surface area contributed by atoms with Gasteiger partial charge in [-0.3, -0.25) is 4.99 Å². The molecule has 0 bridgehead atoms. The Morgan fingerprint density at radius 3 is 2.21 bits per heavy atom. The molecule has 0 fully saturated rings. The molecule has 0 rings (SSSR count). The first kappa shape index (κ1) is 18.3. The van der Waals surface area contributed by atoms with Crippen LogP contribution in [0.3, 0.4) is 0 Å². The first-order chi connectivity index (χ1) is 8.95. The number of hydrogen-bond acceptors (Lipinski definition) is 2. The van der Waals surface area contributed by atoms with Crippen molar-refractivity contribution < 1.29 is 0 Å². The second kappa shape index (κ2) is 9.28. The van der Waals surface area contributed by atoms with Gasteiger partial charge in [0.2, 0.25) is 0 Å². The molecule has 2 unspecified atom stereocenters. The molecule has 0 aliphatic carbocycles. The predicted molar refractivity (Wildman–Crippen MR) is 87.7 cm³/mol. The Labute approximate surface area is 120 Å². The van der Waals surface area contributed by atoms with Crippen LogP contribution in [0.1, 0.15) is 79.6 Å². The SMILES string of the molecule is CCCCC/N=C/CC(C)(CC)CC(C)(C=N)CC. The van der Waals surface area contributed by atoms with Gasteiger partial charge in [-0.25, -0.2) is 0 Å². The molecular formula is C17H34N2. The van der Waals surface area contributed by atoms with E-state index < -0.39 is 0 Å². The third-order valence-corrected chi connectivity index (χ3v) is 4.44. The number of nitrogens with zero attached hydrogens (tertiary/aromatic N) is 1. The second-order valence-corrected chi connectivity index (χ2v) is 6.49. The highest BCUT2D eigenvalue weighted by Gasteiger charge is 2.31. The molecule has 1 N–H and O–H groups in total. The quantitative estimate of drug-likeness (QED) is 0.378. The van der Waals surface area contributed by atoms with Gasteiger partial charge in [-0.05, 0) is 37.3 Å². The van der Waals surface area contributed by atoms with Crippen LogP contribution in [0.4, 0.5) is 0 Å². The van der Waals surface area contributed by atoms with E-state index in [0.29, 0.717) is 0 Å². The van der Waals surface area contributed by atoms with Crippen LogP contribution in [0.5, 0.6) is 0 Å². The summed E-state index contributed by atoms with van der Waals surface area (Å²) in [6.45, 7) is 12.2. The lowest BCUT2D eigenvalue weighted by Gasteiger charge is -2.35. The number of hydrogen-bond donors (Lipinski definition) is 1. The van der Waals surface area contributed by atoms with Crippen LogP contribution in [-0.4, -0.2) is 19.0 Å². The van der Waals surface area contributed by atoms with Crippen LogP contribution < -0.4 is 0 Å². The van der Waals surface area contributed by atoms with E-state index in [1.54, 1.807) is 6.21 Å². The molecule has 0 aromatic heterocycles. The molecule has 2 nitrogen and oxygen atoms in total. The molecule has 0 heterocycles. The highest BCUT2D eigenvalue weighted by molar-refractivity contribution is 5.62. The number of nitrogens with one attached hydrogen (secondary N) is 1. The van der Waals surface area contributed by atoms with Crippen molar-refractivity contribution in [1.82, 2.24) is 0 Å². The van der Waals surface area contributed by atoms with Gasteiger partial charge in [0.1, 0.15) is 0 Å². The average Bonchev–Trinajstić information content (AvgIpc) is 2.42. The first-order valence-corrected chi connectivity index (χ1v) is 7.95. The topological polar surface area (TPSA) is 36.2 Å². The molecule has 0 saturated heterocycles. The molecule has 0 amide bonds. The van der Waals surface area contributed by atoms with Crippen LogP contribution in [0.25, 0.3) is 0 Å². The summed E-state index contributed by atoms with van der Waals surface area (Å²) in [5.41, 5.74) is 0.317. The molecule has 0 saturated carbocycles. The van der Waals surface area contributed by atoms with Crippen molar-refractivity contribution >= 4 is 12.4 Å². The zero-order chi connectivity index (χ0) is 14.8. The van der Waals surface area contributed by atoms with E-state index in [1.807, 2.05) is 0 Å². The van der Waals surface area contributed by atoms with E-state index in [4.69, 9.17) is 5.41 Å². The molecule has 0 aromatic rings. The van der Waals surface area contributed by atoms with E-state index in [9.17, 15) is 0 Å². The minimum atomic E-state index is 0.0425. The Kier molecular flexibility index (Phi) is 8.95. The van der Waals surface area contributed by atoms with Gasteiger partial charge in [-0.2, -0.15) is 0 Å². The van der Waals surface area contributed by atoms with E-state index in [2.05, 4.69) is 45.8 Å². The normalized spacial score (nSPS) is 18.2. The Hall–Kier alpha value is -0.660. The van der Waals surface area contributed by atoms with Crippen molar-refractivity contribution in [2.45, 2.75) is 79.6 Å².